The SMILES string of the molecule is CNCc1cc(OCc2ccc(O)cc2)ccc1Br. The van der Waals surface area contributed by atoms with Gasteiger partial charge in [-0.3, -0.25) is 0 Å². The maximum absolute atomic E-state index is 9.21. The van der Waals surface area contributed by atoms with Crippen LogP contribution in [0.4, 0.5) is 0 Å². The Morgan fingerprint density at radius 3 is 2.58 bits per heavy atom. The lowest BCUT2D eigenvalue weighted by molar-refractivity contribution is 0.305. The van der Waals surface area contributed by atoms with Gasteiger partial charge < -0.3 is 15.2 Å². The molecule has 2 rings (SSSR count). The summed E-state index contributed by atoms with van der Waals surface area (Å²) in [6.07, 6.45) is 0. The van der Waals surface area contributed by atoms with Crippen LogP contribution in [0.25, 0.3) is 0 Å². The predicted octanol–water partition coefficient (Wildman–Crippen LogP) is 3.45. The molecule has 2 N–H and O–H groups in total. The number of hydrogen-bond donors (Lipinski definition) is 2. The van der Waals surface area contributed by atoms with Crippen molar-refractivity contribution in [2.24, 2.45) is 0 Å². The van der Waals surface area contributed by atoms with Crippen LogP contribution >= 0.6 is 15.9 Å². The molecule has 0 saturated carbocycles. The van der Waals surface area contributed by atoms with Gasteiger partial charge >= 0.3 is 0 Å². The van der Waals surface area contributed by atoms with Crippen LogP contribution in [0.5, 0.6) is 11.5 Å². The molecule has 2 aromatic rings. The van der Waals surface area contributed by atoms with Crippen LogP contribution in [0.2, 0.25) is 0 Å². The zero-order valence-electron chi connectivity index (χ0n) is 10.7. The third-order valence-corrected chi connectivity index (χ3v) is 3.50. The standard InChI is InChI=1S/C15H16BrNO2/c1-17-9-12-8-14(6-7-15(12)16)19-10-11-2-4-13(18)5-3-11/h2-8,17-18H,9-10H2,1H3. The summed E-state index contributed by atoms with van der Waals surface area (Å²) in [5.41, 5.74) is 2.18. The molecular formula is C15H16BrNO2. The second-order valence-electron chi connectivity index (χ2n) is 4.24. The van der Waals surface area contributed by atoms with E-state index in [0.29, 0.717) is 6.61 Å². The Balaban J connectivity index is 2.03. The lowest BCUT2D eigenvalue weighted by Gasteiger charge is -2.10. The molecule has 100 valence electrons. The number of phenols is 1. The summed E-state index contributed by atoms with van der Waals surface area (Å²) in [4.78, 5) is 0. The Bertz CT molecular complexity index is 540. The van der Waals surface area contributed by atoms with Gasteiger partial charge in [0.2, 0.25) is 0 Å². The molecule has 2 aromatic carbocycles. The number of rotatable bonds is 5. The van der Waals surface area contributed by atoms with Crippen molar-refractivity contribution in [2.45, 2.75) is 13.2 Å². The first-order chi connectivity index (χ1) is 9.19. The molecule has 0 radical (unpaired) electrons. The Morgan fingerprint density at radius 1 is 1.16 bits per heavy atom. The van der Waals surface area contributed by atoms with Crippen LogP contribution in [0.15, 0.2) is 46.9 Å². The molecule has 0 unspecified atom stereocenters. The van der Waals surface area contributed by atoms with Gasteiger partial charge in [-0.05, 0) is 48.5 Å². The Hall–Kier alpha value is -1.52. The molecule has 4 heteroatoms. The normalized spacial score (nSPS) is 10.4. The Labute approximate surface area is 121 Å². The van der Waals surface area contributed by atoms with Gasteiger partial charge in [0, 0.05) is 11.0 Å². The maximum atomic E-state index is 9.21. The van der Waals surface area contributed by atoms with Crippen molar-refractivity contribution >= 4 is 15.9 Å². The minimum absolute atomic E-state index is 0.267. The summed E-state index contributed by atoms with van der Waals surface area (Å²) in [7, 11) is 1.91. The molecule has 0 atom stereocenters. The topological polar surface area (TPSA) is 41.5 Å². The van der Waals surface area contributed by atoms with E-state index in [0.717, 1.165) is 27.9 Å². The number of phenolic OH excluding ortho intramolecular Hbond substituents is 1. The molecule has 19 heavy (non-hydrogen) atoms. The van der Waals surface area contributed by atoms with Crippen LogP contribution < -0.4 is 10.1 Å². The minimum Gasteiger partial charge on any atom is -0.508 e. The van der Waals surface area contributed by atoms with Crippen molar-refractivity contribution < 1.29 is 9.84 Å². The van der Waals surface area contributed by atoms with E-state index in [-0.39, 0.29) is 5.75 Å². The lowest BCUT2D eigenvalue weighted by atomic mass is 10.2. The molecule has 0 bridgehead atoms. The first kappa shape index (κ1) is 13.9. The summed E-state index contributed by atoms with van der Waals surface area (Å²) in [5, 5.41) is 12.3. The molecule has 0 heterocycles. The van der Waals surface area contributed by atoms with Gasteiger partial charge in [-0.25, -0.2) is 0 Å². The maximum Gasteiger partial charge on any atom is 0.120 e. The van der Waals surface area contributed by atoms with E-state index in [1.807, 2.05) is 37.4 Å². The average molecular weight is 322 g/mol. The number of aromatic hydroxyl groups is 1. The zero-order valence-corrected chi connectivity index (χ0v) is 12.3. The van der Waals surface area contributed by atoms with Crippen LogP contribution in [-0.4, -0.2) is 12.2 Å². The van der Waals surface area contributed by atoms with Crippen LogP contribution in [0.3, 0.4) is 0 Å². The molecule has 0 amide bonds. The molecule has 3 nitrogen and oxygen atoms in total. The van der Waals surface area contributed by atoms with Crippen LogP contribution in [0, 0.1) is 0 Å². The third kappa shape index (κ3) is 3.98. The largest absolute Gasteiger partial charge is 0.508 e. The summed E-state index contributed by atoms with van der Waals surface area (Å²) < 4.78 is 6.81. The first-order valence-corrected chi connectivity index (χ1v) is 6.82. The summed E-state index contributed by atoms with van der Waals surface area (Å²) in [6.45, 7) is 1.28. The molecule has 0 aliphatic heterocycles. The second kappa shape index (κ2) is 6.59. The number of ether oxygens (including phenoxy) is 1. The van der Waals surface area contributed by atoms with Gasteiger partial charge in [0.25, 0.3) is 0 Å². The van der Waals surface area contributed by atoms with E-state index in [4.69, 9.17) is 4.74 Å². The fourth-order valence-corrected chi connectivity index (χ4v) is 2.11. The highest BCUT2D eigenvalue weighted by Crippen LogP contribution is 2.23. The zero-order chi connectivity index (χ0) is 13.7. The van der Waals surface area contributed by atoms with Gasteiger partial charge in [0.05, 0.1) is 0 Å². The van der Waals surface area contributed by atoms with Crippen molar-refractivity contribution in [3.63, 3.8) is 0 Å². The molecule has 0 aromatic heterocycles. The van der Waals surface area contributed by atoms with E-state index >= 15 is 0 Å². The number of halogens is 1. The summed E-state index contributed by atoms with van der Waals surface area (Å²) in [6, 6.07) is 13.0. The monoisotopic (exact) mass is 321 g/mol. The number of hydrogen-bond acceptors (Lipinski definition) is 3. The van der Waals surface area contributed by atoms with Crippen molar-refractivity contribution in [1.29, 1.82) is 0 Å². The highest BCUT2D eigenvalue weighted by atomic mass is 79.9. The van der Waals surface area contributed by atoms with Gasteiger partial charge in [0.15, 0.2) is 0 Å². The molecular weight excluding hydrogens is 306 g/mol. The first-order valence-electron chi connectivity index (χ1n) is 6.03. The summed E-state index contributed by atoms with van der Waals surface area (Å²) >= 11 is 3.51. The fraction of sp³-hybridized carbons (Fsp3) is 0.200. The number of benzene rings is 2. The van der Waals surface area contributed by atoms with Crippen molar-refractivity contribution in [3.05, 3.63) is 58.1 Å². The Morgan fingerprint density at radius 2 is 1.89 bits per heavy atom. The molecule has 0 aliphatic carbocycles. The number of nitrogens with one attached hydrogen (secondary N) is 1. The average Bonchev–Trinajstić information content (AvgIpc) is 2.42. The molecule has 0 fully saturated rings. The van der Waals surface area contributed by atoms with Gasteiger partial charge in [0.1, 0.15) is 18.1 Å². The lowest BCUT2D eigenvalue weighted by Crippen LogP contribution is -2.06. The van der Waals surface area contributed by atoms with E-state index in [9.17, 15) is 5.11 Å². The fourth-order valence-electron chi connectivity index (χ4n) is 1.73. The smallest absolute Gasteiger partial charge is 0.120 e. The molecule has 0 saturated heterocycles. The third-order valence-electron chi connectivity index (χ3n) is 2.73. The van der Waals surface area contributed by atoms with Crippen molar-refractivity contribution in [2.75, 3.05) is 7.05 Å². The highest BCUT2D eigenvalue weighted by molar-refractivity contribution is 9.10. The van der Waals surface area contributed by atoms with Crippen molar-refractivity contribution in [3.8, 4) is 11.5 Å². The Kier molecular flexibility index (Phi) is 4.82. The molecule has 0 aliphatic rings. The van der Waals surface area contributed by atoms with E-state index in [1.54, 1.807) is 12.1 Å². The van der Waals surface area contributed by atoms with Gasteiger partial charge in [-0.1, -0.05) is 28.1 Å². The van der Waals surface area contributed by atoms with Crippen LogP contribution in [0.1, 0.15) is 11.1 Å². The van der Waals surface area contributed by atoms with Crippen LogP contribution in [-0.2, 0) is 13.2 Å². The molecule has 0 spiro atoms. The quantitative estimate of drug-likeness (QED) is 0.886. The minimum atomic E-state index is 0.267. The summed E-state index contributed by atoms with van der Waals surface area (Å²) in [5.74, 6) is 1.10. The van der Waals surface area contributed by atoms with Crippen molar-refractivity contribution in [1.82, 2.24) is 5.32 Å². The predicted molar refractivity (Wildman–Crippen MR) is 79.3 cm³/mol. The van der Waals surface area contributed by atoms with Gasteiger partial charge in [-0.2, -0.15) is 0 Å². The highest BCUT2D eigenvalue weighted by Gasteiger charge is 2.02. The van der Waals surface area contributed by atoms with Gasteiger partial charge in [-0.15, -0.1) is 0 Å². The van der Waals surface area contributed by atoms with E-state index in [1.165, 1.54) is 0 Å². The second-order valence-corrected chi connectivity index (χ2v) is 5.09. The van der Waals surface area contributed by atoms with E-state index in [2.05, 4.69) is 21.2 Å². The van der Waals surface area contributed by atoms with E-state index < -0.39 is 0 Å².